The molecule has 286 valence electrons. The van der Waals surface area contributed by atoms with Crippen LogP contribution in [0.1, 0.15) is 109 Å². The Kier molecular flexibility index (Phi) is 10.3. The molecule has 1 aromatic rings. The molecule has 1 aromatic carbocycles. The molecule has 52 heavy (non-hydrogen) atoms. The summed E-state index contributed by atoms with van der Waals surface area (Å²) in [5, 5.41) is 5.53. The maximum Gasteiger partial charge on any atom is 0.410 e. The van der Waals surface area contributed by atoms with E-state index in [1.54, 1.807) is 39.8 Å². The number of hydrogen-bond donors (Lipinski definition) is 3. The highest BCUT2D eigenvalue weighted by molar-refractivity contribution is 7.91. The summed E-state index contributed by atoms with van der Waals surface area (Å²) < 4.78 is 53.0. The molecule has 3 N–H and O–H groups in total. The second-order valence-electron chi connectivity index (χ2n) is 16.3. The lowest BCUT2D eigenvalue weighted by Crippen LogP contribution is -2.58. The number of carbonyl (C=O) groups is 5. The first-order valence-electron chi connectivity index (χ1n) is 18.3. The van der Waals surface area contributed by atoms with Gasteiger partial charge in [-0.25, -0.2) is 22.4 Å². The maximum atomic E-state index is 14.4. The number of ether oxygens (including phenoxy) is 2. The third-order valence-electron chi connectivity index (χ3n) is 11.0. The molecule has 2 saturated carbocycles. The van der Waals surface area contributed by atoms with Crippen LogP contribution in [0.15, 0.2) is 18.2 Å². The van der Waals surface area contributed by atoms with Crippen LogP contribution < -0.4 is 15.4 Å². The largest absolute Gasteiger partial charge is 0.444 e. The van der Waals surface area contributed by atoms with Gasteiger partial charge in [-0.1, -0.05) is 44.2 Å². The molecule has 3 heterocycles. The van der Waals surface area contributed by atoms with Crippen LogP contribution in [0.25, 0.3) is 0 Å². The highest BCUT2D eigenvalue weighted by Crippen LogP contribution is 2.49. The topological polar surface area (TPSA) is 181 Å². The van der Waals surface area contributed by atoms with Gasteiger partial charge in [0.15, 0.2) is 0 Å². The zero-order valence-electron chi connectivity index (χ0n) is 30.3. The third-order valence-corrected chi connectivity index (χ3v) is 13.2. The SMILES string of the molecule is CC(C)(C)OC(=O)N[C@H]1CCCCCCC[C@H]2C[C@@]2(C(=O)NS(=O)(=O)C2(C)CC2)NC(=O)[C@@H]2C[C@@H](OC(=O)N3Cc4cccc(F)c4C3)CN2C1=O. The molecule has 5 aliphatic rings. The summed E-state index contributed by atoms with van der Waals surface area (Å²) in [4.78, 5) is 71.2. The van der Waals surface area contributed by atoms with Gasteiger partial charge in [-0.2, -0.15) is 0 Å². The van der Waals surface area contributed by atoms with Crippen molar-refractivity contribution in [2.75, 3.05) is 6.54 Å². The lowest BCUT2D eigenvalue weighted by molar-refractivity contribution is -0.141. The van der Waals surface area contributed by atoms with Crippen LogP contribution in [-0.4, -0.2) is 88.7 Å². The standard InChI is InChI=1S/C36H50FN5O9S/c1-34(2,3)51-32(46)38-27-14-9-7-5-6-8-12-23-18-36(23,31(45)40-52(48,49)35(4)15-16-35)39-29(43)28-17-24(20-42(28)30(27)44)50-33(47)41-19-22-11-10-13-26(37)25(22)21-41/h10-11,13,23-24,27-28H,5-9,12,14-21H2,1-4H3,(H,38,46)(H,39,43)(H,40,45)/t23-,24+,27-,28-,36+/m0/s1. The first-order valence-corrected chi connectivity index (χ1v) is 19.8. The van der Waals surface area contributed by atoms with Crippen molar-refractivity contribution < 1.29 is 46.3 Å². The lowest BCUT2D eigenvalue weighted by atomic mass is 10.0. The van der Waals surface area contributed by atoms with Gasteiger partial charge in [-0.15, -0.1) is 0 Å². The normalized spacial score (nSPS) is 28.9. The Morgan fingerprint density at radius 3 is 2.38 bits per heavy atom. The van der Waals surface area contributed by atoms with Crippen LogP contribution in [0.4, 0.5) is 14.0 Å². The quantitative estimate of drug-likeness (QED) is 0.404. The Hall–Kier alpha value is -3.95. The number of carbonyl (C=O) groups excluding carboxylic acids is 5. The summed E-state index contributed by atoms with van der Waals surface area (Å²) in [6, 6.07) is 2.34. The highest BCUT2D eigenvalue weighted by Gasteiger charge is 2.63. The van der Waals surface area contributed by atoms with Gasteiger partial charge >= 0.3 is 12.2 Å². The Balaban J connectivity index is 1.25. The van der Waals surface area contributed by atoms with Gasteiger partial charge in [0.1, 0.15) is 35.1 Å². The zero-order chi connectivity index (χ0) is 37.6. The monoisotopic (exact) mass is 747 g/mol. The van der Waals surface area contributed by atoms with Crippen molar-refractivity contribution in [1.82, 2.24) is 25.2 Å². The van der Waals surface area contributed by atoms with Crippen molar-refractivity contribution >= 4 is 39.9 Å². The predicted molar refractivity (Wildman–Crippen MR) is 185 cm³/mol. The Labute approximate surface area is 303 Å². The van der Waals surface area contributed by atoms with Crippen molar-refractivity contribution in [2.24, 2.45) is 5.92 Å². The number of benzene rings is 1. The van der Waals surface area contributed by atoms with Crippen molar-refractivity contribution in [1.29, 1.82) is 0 Å². The summed E-state index contributed by atoms with van der Waals surface area (Å²) in [5.74, 6) is -2.80. The summed E-state index contributed by atoms with van der Waals surface area (Å²) in [6.07, 6.45) is 3.18. The number of amides is 5. The van der Waals surface area contributed by atoms with Crippen LogP contribution in [0.3, 0.4) is 0 Å². The molecule has 5 atom stereocenters. The van der Waals surface area contributed by atoms with E-state index in [1.807, 2.05) is 0 Å². The van der Waals surface area contributed by atoms with E-state index in [1.165, 1.54) is 15.9 Å². The van der Waals surface area contributed by atoms with Gasteiger partial charge in [0.25, 0.3) is 5.91 Å². The molecule has 6 rings (SSSR count). The summed E-state index contributed by atoms with van der Waals surface area (Å²) in [6.45, 7) is 6.63. The van der Waals surface area contributed by atoms with Crippen LogP contribution in [0.2, 0.25) is 0 Å². The lowest BCUT2D eigenvalue weighted by Gasteiger charge is -2.30. The van der Waals surface area contributed by atoms with E-state index in [4.69, 9.17) is 9.47 Å². The van der Waals surface area contributed by atoms with Crippen molar-refractivity contribution in [3.63, 3.8) is 0 Å². The summed E-state index contributed by atoms with van der Waals surface area (Å²) >= 11 is 0. The number of nitrogens with zero attached hydrogens (tertiary/aromatic N) is 2. The predicted octanol–water partition coefficient (Wildman–Crippen LogP) is 3.76. The minimum atomic E-state index is -3.99. The van der Waals surface area contributed by atoms with Crippen LogP contribution in [0, 0.1) is 11.7 Å². The second kappa shape index (κ2) is 14.1. The molecule has 0 aromatic heterocycles. The summed E-state index contributed by atoms with van der Waals surface area (Å²) in [7, 11) is -3.99. The molecule has 0 spiro atoms. The van der Waals surface area contributed by atoms with E-state index in [9.17, 15) is 36.8 Å². The molecule has 0 radical (unpaired) electrons. The summed E-state index contributed by atoms with van der Waals surface area (Å²) in [5.41, 5.74) is -1.27. The molecule has 2 aliphatic carbocycles. The molecule has 16 heteroatoms. The number of nitrogens with one attached hydrogen (secondary N) is 3. The Morgan fingerprint density at radius 2 is 1.71 bits per heavy atom. The van der Waals surface area contributed by atoms with Crippen molar-refractivity contribution in [3.8, 4) is 0 Å². The van der Waals surface area contributed by atoms with Gasteiger partial charge in [0.05, 0.1) is 17.8 Å². The molecular formula is C36H50FN5O9S. The molecule has 5 amide bonds. The number of fused-ring (bicyclic) bond motifs is 3. The highest BCUT2D eigenvalue weighted by atomic mass is 32.2. The average molecular weight is 748 g/mol. The van der Waals surface area contributed by atoms with E-state index in [-0.39, 0.29) is 44.8 Å². The van der Waals surface area contributed by atoms with Gasteiger partial charge in [0.2, 0.25) is 21.8 Å². The fraction of sp³-hybridized carbons (Fsp3) is 0.694. The number of rotatable bonds is 5. The minimum absolute atomic E-state index is 0.00295. The van der Waals surface area contributed by atoms with Crippen LogP contribution >= 0.6 is 0 Å². The van der Waals surface area contributed by atoms with E-state index in [0.29, 0.717) is 36.8 Å². The molecule has 2 saturated heterocycles. The van der Waals surface area contributed by atoms with Crippen LogP contribution in [0.5, 0.6) is 0 Å². The van der Waals surface area contributed by atoms with Gasteiger partial charge in [-0.05, 0) is 77.3 Å². The molecule has 14 nitrogen and oxygen atoms in total. The zero-order valence-corrected chi connectivity index (χ0v) is 31.1. The van der Waals surface area contributed by atoms with E-state index in [0.717, 1.165) is 25.7 Å². The molecule has 0 unspecified atom stereocenters. The Morgan fingerprint density at radius 1 is 1.02 bits per heavy atom. The number of hydrogen-bond acceptors (Lipinski definition) is 9. The molecule has 0 bridgehead atoms. The molecule has 4 fully saturated rings. The van der Waals surface area contributed by atoms with Gasteiger partial charge < -0.3 is 25.0 Å². The van der Waals surface area contributed by atoms with E-state index >= 15 is 0 Å². The first-order chi connectivity index (χ1) is 24.4. The second-order valence-corrected chi connectivity index (χ2v) is 18.5. The Bertz CT molecular complexity index is 1730. The van der Waals surface area contributed by atoms with Crippen LogP contribution in [-0.2, 0) is 47.0 Å². The van der Waals surface area contributed by atoms with Crippen molar-refractivity contribution in [2.45, 2.75) is 145 Å². The molecular weight excluding hydrogens is 697 g/mol. The fourth-order valence-corrected chi connectivity index (χ4v) is 8.84. The number of sulfonamides is 1. The van der Waals surface area contributed by atoms with Crippen molar-refractivity contribution in [3.05, 3.63) is 35.1 Å². The average Bonchev–Trinajstić information content (AvgIpc) is 3.84. The van der Waals surface area contributed by atoms with Gasteiger partial charge in [-0.3, -0.25) is 24.0 Å². The van der Waals surface area contributed by atoms with E-state index in [2.05, 4.69) is 15.4 Å². The minimum Gasteiger partial charge on any atom is -0.444 e. The van der Waals surface area contributed by atoms with Gasteiger partial charge in [0, 0.05) is 18.5 Å². The smallest absolute Gasteiger partial charge is 0.410 e. The molecule has 3 aliphatic heterocycles. The third kappa shape index (κ3) is 8.01. The number of alkyl carbamates (subject to hydrolysis) is 1. The maximum absolute atomic E-state index is 14.4. The fourth-order valence-electron chi connectivity index (χ4n) is 7.53. The first kappa shape index (κ1) is 37.8. The number of halogens is 1. The van der Waals surface area contributed by atoms with E-state index < -0.39 is 79.8 Å².